The molecule has 1 aromatic heterocycles. The molecule has 6 heteroatoms. The average molecular weight is 584 g/mol. The van der Waals surface area contributed by atoms with Gasteiger partial charge in [0.25, 0.3) is 0 Å². The standard InChI is InChI=1S/C31H39N3.2ClH.Co/c1-9-24-16-20(5)17-25(10-2)30(24)32-22(7)28-14-13-15-29(34-28)23(8)33-31-26(11-3)18-21(6)19-27(31)12-4;;;/h13-19H,9-12H2,1-8H3;2*1H;/q;;;+2/p-2. The molecule has 1 radical (unpaired) electrons. The van der Waals surface area contributed by atoms with Crippen molar-refractivity contribution in [2.24, 2.45) is 9.98 Å². The summed E-state index contributed by atoms with van der Waals surface area (Å²) < 4.78 is 0. The van der Waals surface area contributed by atoms with E-state index in [0.717, 1.165) is 59.9 Å². The van der Waals surface area contributed by atoms with Crippen molar-refractivity contribution in [3.05, 3.63) is 87.2 Å². The molecule has 3 rings (SSSR count). The third-order valence-corrected chi connectivity index (χ3v) is 6.40. The molecule has 0 fully saturated rings. The van der Waals surface area contributed by atoms with E-state index < -0.39 is 0 Å². The summed E-state index contributed by atoms with van der Waals surface area (Å²) in [5.74, 6) is 0. The Morgan fingerprint density at radius 2 is 0.919 bits per heavy atom. The molecule has 0 aliphatic rings. The van der Waals surface area contributed by atoms with E-state index in [2.05, 4.69) is 85.7 Å². The first-order valence-electron chi connectivity index (χ1n) is 12.6. The average Bonchev–Trinajstić information content (AvgIpc) is 2.85. The summed E-state index contributed by atoms with van der Waals surface area (Å²) in [5, 5.41) is 0. The summed E-state index contributed by atoms with van der Waals surface area (Å²) in [6.07, 6.45) is 3.87. The first-order valence-corrected chi connectivity index (χ1v) is 12.6. The Morgan fingerprint density at radius 1 is 0.622 bits per heavy atom. The summed E-state index contributed by atoms with van der Waals surface area (Å²) in [7, 11) is 0. The summed E-state index contributed by atoms with van der Waals surface area (Å²) in [5.41, 5.74) is 13.6. The van der Waals surface area contributed by atoms with Crippen LogP contribution in [0, 0.1) is 13.8 Å². The van der Waals surface area contributed by atoms with Gasteiger partial charge in [0.1, 0.15) is 0 Å². The number of pyridine rings is 1. The van der Waals surface area contributed by atoms with Crippen molar-refractivity contribution in [2.75, 3.05) is 0 Å². The van der Waals surface area contributed by atoms with Crippen molar-refractivity contribution in [2.45, 2.75) is 81.1 Å². The van der Waals surface area contributed by atoms with Crippen LogP contribution in [0.1, 0.15) is 86.3 Å². The topological polar surface area (TPSA) is 37.6 Å². The molecule has 0 amide bonds. The van der Waals surface area contributed by atoms with Gasteiger partial charge in [0.2, 0.25) is 0 Å². The van der Waals surface area contributed by atoms with Crippen molar-refractivity contribution in [3.8, 4) is 0 Å². The van der Waals surface area contributed by atoms with Crippen molar-refractivity contribution in [1.29, 1.82) is 0 Å². The number of rotatable bonds is 8. The smallest absolute Gasteiger partial charge is 1.00 e. The zero-order valence-electron chi connectivity index (χ0n) is 23.3. The summed E-state index contributed by atoms with van der Waals surface area (Å²) in [6, 6.07) is 15.2. The van der Waals surface area contributed by atoms with E-state index in [-0.39, 0.29) is 41.6 Å². The zero-order chi connectivity index (χ0) is 24.8. The number of benzene rings is 2. The second-order valence-electron chi connectivity index (χ2n) is 9.08. The number of hydrogen-bond acceptors (Lipinski definition) is 3. The van der Waals surface area contributed by atoms with Gasteiger partial charge in [-0.15, -0.1) is 0 Å². The Morgan fingerprint density at radius 3 is 1.19 bits per heavy atom. The van der Waals surface area contributed by atoms with Crippen molar-refractivity contribution < 1.29 is 41.6 Å². The third-order valence-electron chi connectivity index (χ3n) is 6.40. The van der Waals surface area contributed by atoms with Crippen LogP contribution in [0.3, 0.4) is 0 Å². The van der Waals surface area contributed by atoms with E-state index in [4.69, 9.17) is 15.0 Å². The van der Waals surface area contributed by atoms with Crippen LogP contribution in [0.15, 0.2) is 52.4 Å². The normalized spacial score (nSPS) is 11.4. The van der Waals surface area contributed by atoms with E-state index in [9.17, 15) is 0 Å². The van der Waals surface area contributed by atoms with Crippen LogP contribution in [0.2, 0.25) is 0 Å². The van der Waals surface area contributed by atoms with E-state index in [1.165, 1.54) is 33.4 Å². The number of aryl methyl sites for hydroxylation is 6. The molecule has 3 nitrogen and oxygen atoms in total. The number of hydrogen-bond donors (Lipinski definition) is 0. The molecule has 2 aromatic carbocycles. The molecule has 1 heterocycles. The molecular formula is C31H39Cl2CoN3. The van der Waals surface area contributed by atoms with Crippen LogP contribution in [0.5, 0.6) is 0 Å². The third kappa shape index (κ3) is 8.51. The SMILES string of the molecule is CCc1cc(C)cc(CC)c1N=C(C)c1cccc(C(C)=Nc2c(CC)cc(C)cc2CC)n1.[Cl-].[Cl-].[Co+2]. The molecule has 0 bridgehead atoms. The fourth-order valence-electron chi connectivity index (χ4n) is 4.52. The molecule has 0 aliphatic heterocycles. The predicted octanol–water partition coefficient (Wildman–Crippen LogP) is 2.23. The minimum atomic E-state index is 0. The van der Waals surface area contributed by atoms with Crippen molar-refractivity contribution in [3.63, 3.8) is 0 Å². The van der Waals surface area contributed by atoms with Crippen LogP contribution in [-0.2, 0) is 42.5 Å². The van der Waals surface area contributed by atoms with Gasteiger partial charge in [0, 0.05) is 0 Å². The van der Waals surface area contributed by atoms with Crippen LogP contribution >= 0.6 is 0 Å². The molecule has 0 aliphatic carbocycles. The molecule has 0 unspecified atom stereocenters. The van der Waals surface area contributed by atoms with Gasteiger partial charge in [-0.25, -0.2) is 4.98 Å². The largest absolute Gasteiger partial charge is 2.00 e. The molecule has 0 N–H and O–H groups in total. The van der Waals surface area contributed by atoms with Gasteiger partial charge in [0.15, 0.2) is 0 Å². The maximum Gasteiger partial charge on any atom is 2.00 e. The number of nitrogens with zero attached hydrogens (tertiary/aromatic N) is 3. The summed E-state index contributed by atoms with van der Waals surface area (Å²) in [6.45, 7) is 17.2. The van der Waals surface area contributed by atoms with E-state index in [1.54, 1.807) is 0 Å². The van der Waals surface area contributed by atoms with Gasteiger partial charge in [-0.05, 0) is 87.8 Å². The Bertz CT molecular complexity index is 1110. The van der Waals surface area contributed by atoms with Gasteiger partial charge in [-0.2, -0.15) is 0 Å². The molecule has 201 valence electrons. The quantitative estimate of drug-likeness (QED) is 0.375. The Labute approximate surface area is 246 Å². The van der Waals surface area contributed by atoms with Crippen LogP contribution in [0.4, 0.5) is 11.4 Å². The number of aliphatic imine (C=N–C) groups is 2. The van der Waals surface area contributed by atoms with E-state index in [0.29, 0.717) is 0 Å². The van der Waals surface area contributed by atoms with Gasteiger partial charge in [-0.1, -0.05) is 69.2 Å². The molecule has 37 heavy (non-hydrogen) atoms. The van der Waals surface area contributed by atoms with Crippen molar-refractivity contribution >= 4 is 22.8 Å². The molecule has 3 aromatic rings. The van der Waals surface area contributed by atoms with Crippen molar-refractivity contribution in [1.82, 2.24) is 4.98 Å². The maximum atomic E-state index is 5.08. The number of aromatic nitrogens is 1. The Hall–Kier alpha value is -1.98. The minimum absolute atomic E-state index is 0. The van der Waals surface area contributed by atoms with Gasteiger partial charge in [-0.3, -0.25) is 9.98 Å². The molecule has 0 atom stereocenters. The molecular weight excluding hydrogens is 544 g/mol. The zero-order valence-corrected chi connectivity index (χ0v) is 25.9. The van der Waals surface area contributed by atoms with Crippen LogP contribution < -0.4 is 24.8 Å². The first kappa shape index (κ1) is 35.0. The molecule has 0 spiro atoms. The second-order valence-corrected chi connectivity index (χ2v) is 9.08. The maximum absolute atomic E-state index is 5.08. The summed E-state index contributed by atoms with van der Waals surface area (Å²) >= 11 is 0. The van der Waals surface area contributed by atoms with Crippen LogP contribution in [0.25, 0.3) is 0 Å². The number of halogens is 2. The van der Waals surface area contributed by atoms with E-state index >= 15 is 0 Å². The summed E-state index contributed by atoms with van der Waals surface area (Å²) in [4.78, 5) is 15.1. The van der Waals surface area contributed by atoms with E-state index in [1.807, 2.05) is 12.1 Å². The first-order chi connectivity index (χ1) is 16.3. The second kappa shape index (κ2) is 16.1. The predicted molar refractivity (Wildman–Crippen MR) is 148 cm³/mol. The monoisotopic (exact) mass is 582 g/mol. The van der Waals surface area contributed by atoms with Gasteiger partial charge in [0.05, 0.1) is 34.2 Å². The van der Waals surface area contributed by atoms with Crippen LogP contribution in [-0.4, -0.2) is 16.4 Å². The molecule has 0 saturated heterocycles. The Kier molecular flexibility index (Phi) is 15.2. The minimum Gasteiger partial charge on any atom is -1.00 e. The van der Waals surface area contributed by atoms with Gasteiger partial charge >= 0.3 is 16.8 Å². The fourth-order valence-corrected chi connectivity index (χ4v) is 4.52. The molecule has 0 saturated carbocycles. The Balaban J connectivity index is 0.00000432. The fraction of sp³-hybridized carbons (Fsp3) is 0.387. The van der Waals surface area contributed by atoms with Gasteiger partial charge < -0.3 is 24.8 Å².